The zero-order valence-electron chi connectivity index (χ0n) is 10.1. The first kappa shape index (κ1) is 10.1. The van der Waals surface area contributed by atoms with Crippen LogP contribution in [0.25, 0.3) is 0 Å². The maximum atomic E-state index is 4.25. The van der Waals surface area contributed by atoms with Crippen LogP contribution >= 0.6 is 0 Å². The lowest BCUT2D eigenvalue weighted by Gasteiger charge is -2.42. The molecule has 0 amide bonds. The van der Waals surface area contributed by atoms with E-state index in [4.69, 9.17) is 0 Å². The fourth-order valence-corrected chi connectivity index (χ4v) is 2.79. The van der Waals surface area contributed by atoms with Crippen LogP contribution in [0.1, 0.15) is 19.8 Å². The Morgan fingerprint density at radius 3 is 2.94 bits per heavy atom. The molecule has 1 atom stereocenters. The first-order valence-corrected chi connectivity index (χ1v) is 6.16. The number of nitrogens with zero attached hydrogens (tertiary/aromatic N) is 3. The Morgan fingerprint density at radius 1 is 1.50 bits per heavy atom. The van der Waals surface area contributed by atoms with Gasteiger partial charge in [0.15, 0.2) is 0 Å². The Morgan fingerprint density at radius 2 is 2.31 bits per heavy atom. The van der Waals surface area contributed by atoms with Crippen LogP contribution in [0, 0.1) is 5.92 Å². The minimum Gasteiger partial charge on any atom is -0.366 e. The molecule has 1 saturated carbocycles. The fourth-order valence-electron chi connectivity index (χ4n) is 2.79. The Balaban J connectivity index is 1.76. The predicted octanol–water partition coefficient (Wildman–Crippen LogP) is 0.998. The number of hydrogen-bond acceptors (Lipinski definition) is 3. The molecule has 1 aliphatic heterocycles. The molecule has 1 aromatic heterocycles. The second-order valence-electron chi connectivity index (χ2n) is 5.41. The summed E-state index contributed by atoms with van der Waals surface area (Å²) in [6.07, 6.45) is 6.87. The van der Waals surface area contributed by atoms with Gasteiger partial charge in [0.1, 0.15) is 0 Å². The Bertz CT molecular complexity index is 382. The van der Waals surface area contributed by atoms with E-state index in [1.54, 1.807) is 0 Å². The van der Waals surface area contributed by atoms with E-state index in [2.05, 4.69) is 28.4 Å². The molecule has 1 unspecified atom stereocenters. The normalized spacial score (nSPS) is 30.8. The van der Waals surface area contributed by atoms with Gasteiger partial charge in [0, 0.05) is 38.4 Å². The van der Waals surface area contributed by atoms with Crippen molar-refractivity contribution in [1.82, 2.24) is 15.1 Å². The van der Waals surface area contributed by atoms with E-state index in [0.29, 0.717) is 5.54 Å². The highest BCUT2D eigenvalue weighted by Crippen LogP contribution is 2.41. The van der Waals surface area contributed by atoms with Crippen molar-refractivity contribution in [1.29, 1.82) is 0 Å². The van der Waals surface area contributed by atoms with Gasteiger partial charge in [-0.15, -0.1) is 0 Å². The molecule has 1 aliphatic carbocycles. The van der Waals surface area contributed by atoms with Gasteiger partial charge in [-0.1, -0.05) is 0 Å². The van der Waals surface area contributed by atoms with Crippen molar-refractivity contribution in [2.45, 2.75) is 25.3 Å². The number of aromatic nitrogens is 2. The average molecular weight is 220 g/mol. The van der Waals surface area contributed by atoms with E-state index in [0.717, 1.165) is 25.6 Å². The van der Waals surface area contributed by atoms with Crippen LogP contribution < -0.4 is 10.2 Å². The minimum absolute atomic E-state index is 0.314. The molecule has 0 bridgehead atoms. The van der Waals surface area contributed by atoms with Crippen molar-refractivity contribution < 1.29 is 0 Å². The highest BCUT2D eigenvalue weighted by atomic mass is 15.3. The van der Waals surface area contributed by atoms with E-state index in [9.17, 15) is 0 Å². The Labute approximate surface area is 96.6 Å². The lowest BCUT2D eigenvalue weighted by atomic mass is 9.93. The third-order valence-electron chi connectivity index (χ3n) is 3.96. The third kappa shape index (κ3) is 1.71. The molecule has 3 rings (SSSR count). The standard InChI is InChI=1S/C12H20N4/c1-12(10-3-4-10)9-16(6-5-13-12)11-7-14-15(2)8-11/h7-8,10,13H,3-6,9H2,1-2H3. The Kier molecular flexibility index (Phi) is 2.21. The monoisotopic (exact) mass is 220 g/mol. The molecule has 4 nitrogen and oxygen atoms in total. The second kappa shape index (κ2) is 3.48. The van der Waals surface area contributed by atoms with Gasteiger partial charge in [0.05, 0.1) is 11.9 Å². The average Bonchev–Trinajstić information content (AvgIpc) is 3.03. The summed E-state index contributed by atoms with van der Waals surface area (Å²) in [4.78, 5) is 2.46. The van der Waals surface area contributed by atoms with E-state index in [-0.39, 0.29) is 0 Å². The van der Waals surface area contributed by atoms with Gasteiger partial charge in [-0.05, 0) is 25.7 Å². The van der Waals surface area contributed by atoms with E-state index in [1.165, 1.54) is 18.5 Å². The lowest BCUT2D eigenvalue weighted by molar-refractivity contribution is 0.285. The molecule has 2 heterocycles. The molecule has 16 heavy (non-hydrogen) atoms. The van der Waals surface area contributed by atoms with Crippen molar-refractivity contribution in [3.8, 4) is 0 Å². The minimum atomic E-state index is 0.314. The number of piperazine rings is 1. The number of aryl methyl sites for hydroxylation is 1. The molecule has 1 aromatic rings. The molecule has 0 spiro atoms. The van der Waals surface area contributed by atoms with E-state index >= 15 is 0 Å². The summed E-state index contributed by atoms with van der Waals surface area (Å²) in [5.41, 5.74) is 1.57. The maximum absolute atomic E-state index is 4.25. The van der Waals surface area contributed by atoms with E-state index < -0.39 is 0 Å². The van der Waals surface area contributed by atoms with Gasteiger partial charge in [-0.3, -0.25) is 4.68 Å². The molecule has 88 valence electrons. The zero-order valence-corrected chi connectivity index (χ0v) is 10.1. The van der Waals surface area contributed by atoms with Gasteiger partial charge in [0.25, 0.3) is 0 Å². The van der Waals surface area contributed by atoms with Crippen LogP contribution in [0.15, 0.2) is 12.4 Å². The van der Waals surface area contributed by atoms with Crippen LogP contribution in [0.3, 0.4) is 0 Å². The van der Waals surface area contributed by atoms with Crippen molar-refractivity contribution in [3.63, 3.8) is 0 Å². The molecule has 0 radical (unpaired) electrons. The van der Waals surface area contributed by atoms with Crippen LogP contribution in [0.5, 0.6) is 0 Å². The summed E-state index contributed by atoms with van der Waals surface area (Å²) in [7, 11) is 1.98. The van der Waals surface area contributed by atoms with Crippen molar-refractivity contribution in [3.05, 3.63) is 12.4 Å². The highest BCUT2D eigenvalue weighted by molar-refractivity contribution is 5.44. The molecular formula is C12H20N4. The van der Waals surface area contributed by atoms with Crippen molar-refractivity contribution in [2.24, 2.45) is 13.0 Å². The fraction of sp³-hybridized carbons (Fsp3) is 0.750. The maximum Gasteiger partial charge on any atom is 0.0753 e. The van der Waals surface area contributed by atoms with Crippen molar-refractivity contribution >= 4 is 5.69 Å². The summed E-state index contributed by atoms with van der Waals surface area (Å²) in [6.45, 7) is 5.66. The van der Waals surface area contributed by atoms with Gasteiger partial charge >= 0.3 is 0 Å². The number of rotatable bonds is 2. The molecular weight excluding hydrogens is 200 g/mol. The smallest absolute Gasteiger partial charge is 0.0753 e. The number of hydrogen-bond donors (Lipinski definition) is 1. The topological polar surface area (TPSA) is 33.1 Å². The van der Waals surface area contributed by atoms with Crippen molar-refractivity contribution in [2.75, 3.05) is 24.5 Å². The largest absolute Gasteiger partial charge is 0.366 e. The first-order valence-electron chi connectivity index (χ1n) is 6.16. The van der Waals surface area contributed by atoms with Gasteiger partial charge in [-0.25, -0.2) is 0 Å². The summed E-state index contributed by atoms with van der Waals surface area (Å²) >= 11 is 0. The quantitative estimate of drug-likeness (QED) is 0.807. The zero-order chi connectivity index (χ0) is 11.2. The van der Waals surface area contributed by atoms with Crippen LogP contribution in [-0.4, -0.2) is 35.0 Å². The molecule has 2 aliphatic rings. The van der Waals surface area contributed by atoms with Crippen LogP contribution in [0.2, 0.25) is 0 Å². The van der Waals surface area contributed by atoms with Gasteiger partial charge in [0.2, 0.25) is 0 Å². The van der Waals surface area contributed by atoms with Gasteiger partial charge < -0.3 is 10.2 Å². The highest BCUT2D eigenvalue weighted by Gasteiger charge is 2.43. The molecule has 4 heteroatoms. The summed E-state index contributed by atoms with van der Waals surface area (Å²) in [5, 5.41) is 7.95. The summed E-state index contributed by atoms with van der Waals surface area (Å²) < 4.78 is 1.88. The first-order chi connectivity index (χ1) is 7.67. The second-order valence-corrected chi connectivity index (χ2v) is 5.41. The number of anilines is 1. The SMILES string of the molecule is Cn1cc(N2CCNC(C)(C3CC3)C2)cn1. The van der Waals surface area contributed by atoms with Gasteiger partial charge in [-0.2, -0.15) is 5.10 Å². The molecule has 2 fully saturated rings. The van der Waals surface area contributed by atoms with Crippen LogP contribution in [-0.2, 0) is 7.05 Å². The summed E-state index contributed by atoms with van der Waals surface area (Å²) in [6, 6.07) is 0. The predicted molar refractivity (Wildman–Crippen MR) is 64.6 cm³/mol. The lowest BCUT2D eigenvalue weighted by Crippen LogP contribution is -2.60. The third-order valence-corrected chi connectivity index (χ3v) is 3.96. The van der Waals surface area contributed by atoms with Crippen LogP contribution in [0.4, 0.5) is 5.69 Å². The molecule has 1 N–H and O–H groups in total. The number of nitrogens with one attached hydrogen (secondary N) is 1. The summed E-state index contributed by atoms with van der Waals surface area (Å²) in [5.74, 6) is 0.881. The van der Waals surface area contributed by atoms with E-state index in [1.807, 2.05) is 17.9 Å². The molecule has 0 aromatic carbocycles. The Hall–Kier alpha value is -1.03. The molecule has 1 saturated heterocycles.